The van der Waals surface area contributed by atoms with Gasteiger partial charge in [-0.05, 0) is 38.0 Å². The first-order valence-electron chi connectivity index (χ1n) is 11.5. The molecule has 0 bridgehead atoms. The minimum Gasteiger partial charge on any atom is -0.353 e. The molecule has 172 valence electrons. The predicted octanol–water partition coefficient (Wildman–Crippen LogP) is 2.60. The van der Waals surface area contributed by atoms with E-state index in [-0.39, 0.29) is 48.4 Å². The summed E-state index contributed by atoms with van der Waals surface area (Å²) in [5.41, 5.74) is 0. The highest BCUT2D eigenvalue weighted by Gasteiger charge is 2.33. The van der Waals surface area contributed by atoms with E-state index >= 15 is 0 Å². The van der Waals surface area contributed by atoms with Gasteiger partial charge in [0.25, 0.3) is 0 Å². The summed E-state index contributed by atoms with van der Waals surface area (Å²) in [6.07, 6.45) is 10.3. The molecule has 0 radical (unpaired) electrons. The first-order chi connectivity index (χ1) is 13.9. The molecule has 2 aliphatic carbocycles. The van der Waals surface area contributed by atoms with Crippen LogP contribution in [0.2, 0.25) is 0 Å². The molecular formula is C22H40IN5O2. The number of hydrogen-bond donors (Lipinski definition) is 2. The van der Waals surface area contributed by atoms with Crippen LogP contribution in [0.1, 0.15) is 64.7 Å². The fourth-order valence-corrected chi connectivity index (χ4v) is 4.83. The van der Waals surface area contributed by atoms with E-state index in [1.165, 1.54) is 32.1 Å². The number of aliphatic imine (C=N–C) groups is 1. The number of nitrogens with one attached hydrogen (secondary N) is 2. The van der Waals surface area contributed by atoms with Crippen molar-refractivity contribution >= 4 is 41.8 Å². The largest absolute Gasteiger partial charge is 0.353 e. The number of carbonyl (C=O) groups is 2. The molecule has 2 amide bonds. The minimum atomic E-state index is -0.00717. The lowest BCUT2D eigenvalue weighted by Gasteiger charge is -2.31. The second kappa shape index (κ2) is 12.1. The summed E-state index contributed by atoms with van der Waals surface area (Å²) < 4.78 is 0. The summed E-state index contributed by atoms with van der Waals surface area (Å²) in [7, 11) is 3.51. The molecule has 0 aromatic rings. The van der Waals surface area contributed by atoms with Crippen molar-refractivity contribution in [1.29, 1.82) is 0 Å². The van der Waals surface area contributed by atoms with Gasteiger partial charge >= 0.3 is 0 Å². The van der Waals surface area contributed by atoms with Crippen molar-refractivity contribution in [1.82, 2.24) is 20.4 Å². The summed E-state index contributed by atoms with van der Waals surface area (Å²) in [6, 6.07) is 0.585. The van der Waals surface area contributed by atoms with Crippen LogP contribution in [0, 0.1) is 11.8 Å². The second-order valence-corrected chi connectivity index (χ2v) is 9.36. The van der Waals surface area contributed by atoms with Crippen molar-refractivity contribution in [3.63, 3.8) is 0 Å². The number of nitrogens with zero attached hydrogens (tertiary/aromatic N) is 3. The Morgan fingerprint density at radius 2 is 1.67 bits per heavy atom. The van der Waals surface area contributed by atoms with Gasteiger partial charge in [-0.3, -0.25) is 9.59 Å². The number of rotatable bonds is 5. The molecular weight excluding hydrogens is 493 g/mol. The van der Waals surface area contributed by atoms with Gasteiger partial charge in [-0.15, -0.1) is 24.0 Å². The van der Waals surface area contributed by atoms with Crippen LogP contribution in [-0.4, -0.2) is 73.4 Å². The highest BCUT2D eigenvalue weighted by atomic mass is 127. The van der Waals surface area contributed by atoms with E-state index in [9.17, 15) is 9.59 Å². The average molecular weight is 533 g/mol. The zero-order valence-electron chi connectivity index (χ0n) is 18.9. The molecule has 7 nitrogen and oxygen atoms in total. The first kappa shape index (κ1) is 25.2. The Labute approximate surface area is 198 Å². The minimum absolute atomic E-state index is 0. The van der Waals surface area contributed by atoms with E-state index < -0.39 is 0 Å². The van der Waals surface area contributed by atoms with Crippen molar-refractivity contribution < 1.29 is 9.59 Å². The number of hydrogen-bond acceptors (Lipinski definition) is 3. The van der Waals surface area contributed by atoms with Gasteiger partial charge in [-0.2, -0.15) is 0 Å². The molecule has 1 heterocycles. The van der Waals surface area contributed by atoms with Gasteiger partial charge in [0.05, 0.1) is 0 Å². The van der Waals surface area contributed by atoms with E-state index in [0.717, 1.165) is 44.7 Å². The standard InChI is InChI=1S/C22H39N5O2.HI/c1-16-8-4-7-11-19(16)25-22(23-14-20(28)26(2)3)24-18-12-13-27(15-18)21(29)17-9-5-6-10-17;/h16-19H,4-15H2,1-3H3,(H2,23,24,25);1H. The van der Waals surface area contributed by atoms with E-state index in [1.54, 1.807) is 19.0 Å². The molecule has 8 heteroatoms. The zero-order valence-corrected chi connectivity index (χ0v) is 21.2. The third-order valence-corrected chi connectivity index (χ3v) is 6.85. The van der Waals surface area contributed by atoms with Crippen LogP contribution in [-0.2, 0) is 9.59 Å². The molecule has 3 unspecified atom stereocenters. The molecule has 1 saturated heterocycles. The van der Waals surface area contributed by atoms with Crippen LogP contribution >= 0.6 is 24.0 Å². The van der Waals surface area contributed by atoms with Crippen LogP contribution in [0.3, 0.4) is 0 Å². The number of likely N-dealkylation sites (tertiary alicyclic amines) is 1. The van der Waals surface area contributed by atoms with Crippen molar-refractivity contribution in [2.75, 3.05) is 33.7 Å². The maximum atomic E-state index is 12.7. The number of carbonyl (C=O) groups excluding carboxylic acids is 2. The van der Waals surface area contributed by atoms with Crippen molar-refractivity contribution in [2.24, 2.45) is 16.8 Å². The summed E-state index contributed by atoms with van der Waals surface area (Å²) in [5, 5.41) is 7.12. The van der Waals surface area contributed by atoms with Crippen LogP contribution in [0.15, 0.2) is 4.99 Å². The molecule has 0 spiro atoms. The van der Waals surface area contributed by atoms with Crippen molar-refractivity contribution in [3.8, 4) is 0 Å². The first-order valence-corrected chi connectivity index (χ1v) is 11.5. The van der Waals surface area contributed by atoms with Crippen LogP contribution < -0.4 is 10.6 Å². The maximum Gasteiger partial charge on any atom is 0.243 e. The smallest absolute Gasteiger partial charge is 0.243 e. The molecule has 0 aromatic heterocycles. The molecule has 3 aliphatic rings. The third kappa shape index (κ3) is 6.99. The Kier molecular flexibility index (Phi) is 10.2. The second-order valence-electron chi connectivity index (χ2n) is 9.36. The summed E-state index contributed by atoms with van der Waals surface area (Å²) >= 11 is 0. The SMILES string of the molecule is CC1CCCCC1NC(=NCC(=O)N(C)C)NC1CCN(C(=O)C2CCCC2)C1.I. The van der Waals surface area contributed by atoms with Gasteiger partial charge in [0.15, 0.2) is 5.96 Å². The van der Waals surface area contributed by atoms with Gasteiger partial charge in [0.2, 0.25) is 11.8 Å². The van der Waals surface area contributed by atoms with Crippen LogP contribution in [0.4, 0.5) is 0 Å². The predicted molar refractivity (Wildman–Crippen MR) is 131 cm³/mol. The van der Waals surface area contributed by atoms with E-state index in [0.29, 0.717) is 17.9 Å². The lowest BCUT2D eigenvalue weighted by molar-refractivity contribution is -0.134. The van der Waals surface area contributed by atoms with E-state index in [1.807, 2.05) is 4.90 Å². The van der Waals surface area contributed by atoms with E-state index in [4.69, 9.17) is 0 Å². The van der Waals surface area contributed by atoms with Gasteiger partial charge in [-0.1, -0.05) is 32.6 Å². The Bertz CT molecular complexity index is 606. The van der Waals surface area contributed by atoms with Gasteiger partial charge in [0.1, 0.15) is 6.54 Å². The van der Waals surface area contributed by atoms with E-state index in [2.05, 4.69) is 22.5 Å². The Morgan fingerprint density at radius 3 is 2.33 bits per heavy atom. The Hall–Kier alpha value is -1.06. The highest BCUT2D eigenvalue weighted by molar-refractivity contribution is 14.0. The molecule has 3 rings (SSSR count). The normalized spacial score (nSPS) is 27.5. The number of guanidine groups is 1. The fourth-order valence-electron chi connectivity index (χ4n) is 4.83. The average Bonchev–Trinajstić information content (AvgIpc) is 3.39. The van der Waals surface area contributed by atoms with Gasteiger partial charge < -0.3 is 20.4 Å². The molecule has 2 N–H and O–H groups in total. The molecule has 1 aliphatic heterocycles. The summed E-state index contributed by atoms with van der Waals surface area (Å²) in [5.74, 6) is 1.89. The molecule has 0 aromatic carbocycles. The number of likely N-dealkylation sites (N-methyl/N-ethyl adjacent to an activating group) is 1. The molecule has 30 heavy (non-hydrogen) atoms. The number of amides is 2. The lowest BCUT2D eigenvalue weighted by atomic mass is 9.86. The van der Waals surface area contributed by atoms with Crippen LogP contribution in [0.25, 0.3) is 0 Å². The van der Waals surface area contributed by atoms with Crippen molar-refractivity contribution in [3.05, 3.63) is 0 Å². The van der Waals surface area contributed by atoms with Crippen LogP contribution in [0.5, 0.6) is 0 Å². The topological polar surface area (TPSA) is 77.0 Å². The lowest BCUT2D eigenvalue weighted by Crippen LogP contribution is -2.51. The third-order valence-electron chi connectivity index (χ3n) is 6.85. The summed E-state index contributed by atoms with van der Waals surface area (Å²) in [4.78, 5) is 33.0. The quantitative estimate of drug-likeness (QED) is 0.324. The fraction of sp³-hybridized carbons (Fsp3) is 0.864. The van der Waals surface area contributed by atoms with Gasteiger partial charge in [0, 0.05) is 45.2 Å². The maximum absolute atomic E-state index is 12.7. The Balaban J connectivity index is 0.00000320. The molecule has 2 saturated carbocycles. The highest BCUT2D eigenvalue weighted by Crippen LogP contribution is 2.28. The molecule has 3 atom stereocenters. The number of halogens is 1. The van der Waals surface area contributed by atoms with Crippen molar-refractivity contribution in [2.45, 2.75) is 76.8 Å². The zero-order chi connectivity index (χ0) is 20.8. The summed E-state index contributed by atoms with van der Waals surface area (Å²) in [6.45, 7) is 3.98. The monoisotopic (exact) mass is 533 g/mol. The van der Waals surface area contributed by atoms with Gasteiger partial charge in [-0.25, -0.2) is 4.99 Å². The molecule has 3 fully saturated rings. The Morgan fingerprint density at radius 1 is 1.00 bits per heavy atom.